The lowest BCUT2D eigenvalue weighted by atomic mass is 10.0. The summed E-state index contributed by atoms with van der Waals surface area (Å²) in [5.41, 5.74) is 0.673. The van der Waals surface area contributed by atoms with Crippen LogP contribution in [0.2, 0.25) is 5.02 Å². The van der Waals surface area contributed by atoms with Gasteiger partial charge in [-0.05, 0) is 35.9 Å². The largest absolute Gasteiger partial charge is 0.294 e. The van der Waals surface area contributed by atoms with Crippen molar-refractivity contribution in [1.82, 2.24) is 0 Å². The third kappa shape index (κ3) is 3.61. The number of hydrogen-bond acceptors (Lipinski definition) is 1. The van der Waals surface area contributed by atoms with Gasteiger partial charge in [-0.2, -0.15) is 0 Å². The van der Waals surface area contributed by atoms with E-state index in [1.165, 1.54) is 6.07 Å². The van der Waals surface area contributed by atoms with E-state index < -0.39 is 11.6 Å². The summed E-state index contributed by atoms with van der Waals surface area (Å²) in [4.78, 5) is 12.1. The molecule has 0 spiro atoms. The second-order valence-electron chi connectivity index (χ2n) is 4.00. The molecule has 0 unspecified atom stereocenters. The van der Waals surface area contributed by atoms with Crippen LogP contribution in [0, 0.1) is 11.6 Å². The van der Waals surface area contributed by atoms with Crippen LogP contribution >= 0.6 is 27.5 Å². The van der Waals surface area contributed by atoms with Crippen LogP contribution in [0.15, 0.2) is 40.9 Å². The lowest BCUT2D eigenvalue weighted by molar-refractivity contribution is 0.0992. The van der Waals surface area contributed by atoms with E-state index in [4.69, 9.17) is 11.6 Å². The third-order valence-electron chi connectivity index (χ3n) is 2.52. The highest BCUT2D eigenvalue weighted by atomic mass is 79.9. The molecule has 19 heavy (non-hydrogen) atoms. The molecule has 0 radical (unpaired) electrons. The summed E-state index contributed by atoms with van der Waals surface area (Å²) in [6.07, 6.45) is -0.0897. The van der Waals surface area contributed by atoms with Crippen molar-refractivity contribution in [2.45, 2.75) is 6.42 Å². The second-order valence-corrected chi connectivity index (χ2v) is 5.29. The molecule has 0 atom stereocenters. The van der Waals surface area contributed by atoms with E-state index in [0.29, 0.717) is 15.1 Å². The molecule has 2 rings (SSSR count). The summed E-state index contributed by atoms with van der Waals surface area (Å²) >= 11 is 9.07. The monoisotopic (exact) mass is 344 g/mol. The molecule has 0 aliphatic heterocycles. The van der Waals surface area contributed by atoms with Gasteiger partial charge in [0.25, 0.3) is 0 Å². The summed E-state index contributed by atoms with van der Waals surface area (Å²) in [6.45, 7) is 0. The molecule has 2 aromatic rings. The third-order valence-corrected chi connectivity index (χ3v) is 3.44. The Kier molecular flexibility index (Phi) is 4.32. The molecule has 0 amide bonds. The molecule has 0 bridgehead atoms. The van der Waals surface area contributed by atoms with Gasteiger partial charge in [0.15, 0.2) is 5.78 Å². The molecular formula is C14H8BrClF2O. The highest BCUT2D eigenvalue weighted by molar-refractivity contribution is 9.10. The minimum Gasteiger partial charge on any atom is -0.294 e. The topological polar surface area (TPSA) is 17.1 Å². The maximum absolute atomic E-state index is 13.0. The van der Waals surface area contributed by atoms with E-state index in [9.17, 15) is 13.6 Å². The zero-order chi connectivity index (χ0) is 14.0. The van der Waals surface area contributed by atoms with E-state index in [1.54, 1.807) is 12.1 Å². The average molecular weight is 346 g/mol. The van der Waals surface area contributed by atoms with Crippen molar-refractivity contribution in [2.75, 3.05) is 0 Å². The van der Waals surface area contributed by atoms with Gasteiger partial charge in [-0.1, -0.05) is 27.5 Å². The van der Waals surface area contributed by atoms with Crippen LogP contribution in [0.3, 0.4) is 0 Å². The first-order valence-electron chi connectivity index (χ1n) is 5.39. The molecule has 0 aliphatic rings. The van der Waals surface area contributed by atoms with E-state index in [-0.39, 0.29) is 17.8 Å². The van der Waals surface area contributed by atoms with Crippen LogP contribution in [0.1, 0.15) is 15.9 Å². The summed E-state index contributed by atoms with van der Waals surface area (Å²) in [5.74, 6) is -1.67. The van der Waals surface area contributed by atoms with Crippen LogP contribution in [0.5, 0.6) is 0 Å². The Bertz CT molecular complexity index is 623. The van der Waals surface area contributed by atoms with Crippen LogP contribution in [0.4, 0.5) is 8.78 Å². The van der Waals surface area contributed by atoms with Gasteiger partial charge >= 0.3 is 0 Å². The van der Waals surface area contributed by atoms with Gasteiger partial charge in [-0.15, -0.1) is 0 Å². The Hall–Kier alpha value is -1.26. The van der Waals surface area contributed by atoms with Gasteiger partial charge in [0.05, 0.1) is 0 Å². The predicted molar refractivity (Wildman–Crippen MR) is 73.5 cm³/mol. The van der Waals surface area contributed by atoms with Gasteiger partial charge in [0.2, 0.25) is 0 Å². The van der Waals surface area contributed by atoms with E-state index >= 15 is 0 Å². The Labute approximate surface area is 122 Å². The highest BCUT2D eigenvalue weighted by Gasteiger charge is 2.12. The number of hydrogen-bond donors (Lipinski definition) is 0. The standard InChI is InChI=1S/C14H8BrClF2O/c15-13-2-1-9(16)6-12(13)14(19)5-8-3-10(17)7-11(18)4-8/h1-4,6-7H,5H2. The number of halogens is 4. The smallest absolute Gasteiger partial charge is 0.168 e. The van der Waals surface area contributed by atoms with Crippen molar-refractivity contribution < 1.29 is 13.6 Å². The number of carbonyl (C=O) groups is 1. The summed E-state index contributed by atoms with van der Waals surface area (Å²) in [7, 11) is 0. The molecule has 0 aromatic heterocycles. The quantitative estimate of drug-likeness (QED) is 0.730. The molecule has 0 saturated carbocycles. The Balaban J connectivity index is 2.28. The van der Waals surface area contributed by atoms with Crippen molar-refractivity contribution in [2.24, 2.45) is 0 Å². The number of rotatable bonds is 3. The molecule has 98 valence electrons. The van der Waals surface area contributed by atoms with Crippen molar-refractivity contribution in [3.63, 3.8) is 0 Å². The normalized spacial score (nSPS) is 10.5. The Morgan fingerprint density at radius 2 is 1.74 bits per heavy atom. The van der Waals surface area contributed by atoms with Gasteiger partial charge in [0.1, 0.15) is 11.6 Å². The van der Waals surface area contributed by atoms with E-state index in [2.05, 4.69) is 15.9 Å². The Morgan fingerprint density at radius 3 is 2.37 bits per heavy atom. The molecule has 1 nitrogen and oxygen atoms in total. The first-order valence-corrected chi connectivity index (χ1v) is 6.56. The number of ketones is 1. The van der Waals surface area contributed by atoms with E-state index in [1.807, 2.05) is 0 Å². The molecular weight excluding hydrogens is 338 g/mol. The van der Waals surface area contributed by atoms with Crippen LogP contribution in [0.25, 0.3) is 0 Å². The van der Waals surface area contributed by atoms with Crippen molar-refractivity contribution in [1.29, 1.82) is 0 Å². The first-order chi connectivity index (χ1) is 8.95. The zero-order valence-corrected chi connectivity index (χ0v) is 11.9. The van der Waals surface area contributed by atoms with Gasteiger partial charge in [-0.25, -0.2) is 8.78 Å². The molecule has 0 heterocycles. The number of Topliss-reactive ketones (excluding diaryl/α,β-unsaturated/α-hetero) is 1. The zero-order valence-electron chi connectivity index (χ0n) is 9.59. The second kappa shape index (κ2) is 5.80. The molecule has 2 aromatic carbocycles. The fraction of sp³-hybridized carbons (Fsp3) is 0.0714. The van der Waals surface area contributed by atoms with Gasteiger partial charge < -0.3 is 0 Å². The molecule has 5 heteroatoms. The first kappa shape index (κ1) is 14.2. The van der Waals surface area contributed by atoms with Crippen LogP contribution in [-0.2, 0) is 6.42 Å². The van der Waals surface area contributed by atoms with Crippen molar-refractivity contribution >= 4 is 33.3 Å². The van der Waals surface area contributed by atoms with Crippen molar-refractivity contribution in [3.05, 3.63) is 68.7 Å². The van der Waals surface area contributed by atoms with Crippen LogP contribution < -0.4 is 0 Å². The average Bonchev–Trinajstić information content (AvgIpc) is 2.30. The molecule has 0 aliphatic carbocycles. The molecule has 0 saturated heterocycles. The fourth-order valence-electron chi connectivity index (χ4n) is 1.70. The van der Waals surface area contributed by atoms with Crippen LogP contribution in [-0.4, -0.2) is 5.78 Å². The lowest BCUT2D eigenvalue weighted by Gasteiger charge is -2.05. The number of carbonyl (C=O) groups excluding carboxylic acids is 1. The summed E-state index contributed by atoms with van der Waals surface area (Å²) < 4.78 is 26.7. The predicted octanol–water partition coefficient (Wildman–Crippen LogP) is 4.81. The SMILES string of the molecule is O=C(Cc1cc(F)cc(F)c1)c1cc(Cl)ccc1Br. The maximum atomic E-state index is 13.0. The minimum absolute atomic E-state index is 0.0897. The fourth-order valence-corrected chi connectivity index (χ4v) is 2.34. The summed E-state index contributed by atoms with van der Waals surface area (Å²) in [6, 6.07) is 7.86. The Morgan fingerprint density at radius 1 is 1.11 bits per heavy atom. The lowest BCUT2D eigenvalue weighted by Crippen LogP contribution is -2.05. The van der Waals surface area contributed by atoms with Crippen molar-refractivity contribution in [3.8, 4) is 0 Å². The molecule has 0 N–H and O–H groups in total. The maximum Gasteiger partial charge on any atom is 0.168 e. The van der Waals surface area contributed by atoms with E-state index in [0.717, 1.165) is 18.2 Å². The number of benzene rings is 2. The summed E-state index contributed by atoms with van der Waals surface area (Å²) in [5, 5.41) is 0.428. The highest BCUT2D eigenvalue weighted by Crippen LogP contribution is 2.23. The molecule has 0 fully saturated rings. The minimum atomic E-state index is -0.701. The van der Waals surface area contributed by atoms with Gasteiger partial charge in [0, 0.05) is 27.5 Å². The van der Waals surface area contributed by atoms with Gasteiger partial charge in [-0.3, -0.25) is 4.79 Å².